The fourth-order valence-electron chi connectivity index (χ4n) is 1.96. The van der Waals surface area contributed by atoms with Crippen molar-refractivity contribution in [2.75, 3.05) is 0 Å². The van der Waals surface area contributed by atoms with Gasteiger partial charge in [-0.25, -0.2) is 17.8 Å². The highest BCUT2D eigenvalue weighted by molar-refractivity contribution is 7.92. The minimum absolute atomic E-state index is 0.0621. The van der Waals surface area contributed by atoms with Crippen LogP contribution >= 0.6 is 0 Å². The van der Waals surface area contributed by atoms with Gasteiger partial charge in [0.25, 0.3) is 0 Å². The van der Waals surface area contributed by atoms with Gasteiger partial charge in [0.2, 0.25) is 10.0 Å². The maximum atomic E-state index is 12.0. The van der Waals surface area contributed by atoms with Crippen molar-refractivity contribution >= 4 is 16.1 Å². The van der Waals surface area contributed by atoms with E-state index in [4.69, 9.17) is 0 Å². The summed E-state index contributed by atoms with van der Waals surface area (Å²) in [5.74, 6) is 0. The molecule has 2 aromatic heterocycles. The van der Waals surface area contributed by atoms with Gasteiger partial charge in [-0.3, -0.25) is 4.98 Å². The van der Waals surface area contributed by atoms with E-state index < -0.39 is 10.0 Å². The number of hydrogen-bond donors (Lipinski definition) is 1. The van der Waals surface area contributed by atoms with Crippen LogP contribution in [0, 0.1) is 0 Å². The number of nitrogens with zero attached hydrogens (tertiary/aromatic N) is 4. The molecule has 0 bridgehead atoms. The van der Waals surface area contributed by atoms with E-state index in [2.05, 4.69) is 20.0 Å². The predicted molar refractivity (Wildman–Crippen MR) is 90.4 cm³/mol. The molecule has 0 fully saturated rings. The number of rotatable bonds is 6. The Balaban J connectivity index is 1.63. The van der Waals surface area contributed by atoms with Crippen molar-refractivity contribution in [3.05, 3.63) is 77.7 Å². The molecule has 8 heteroatoms. The Bertz CT molecular complexity index is 921. The Morgan fingerprint density at radius 1 is 1.08 bits per heavy atom. The van der Waals surface area contributed by atoms with Crippen LogP contribution in [0.1, 0.15) is 11.3 Å². The molecular weight excluding hydrogens is 326 g/mol. The summed E-state index contributed by atoms with van der Waals surface area (Å²) >= 11 is 0. The van der Waals surface area contributed by atoms with Gasteiger partial charge in [-0.05, 0) is 23.8 Å². The van der Waals surface area contributed by atoms with Crippen LogP contribution in [0.2, 0.25) is 0 Å². The minimum atomic E-state index is -3.55. The number of pyridine rings is 1. The van der Waals surface area contributed by atoms with Gasteiger partial charge < -0.3 is 0 Å². The third-order valence-electron chi connectivity index (χ3n) is 3.16. The van der Waals surface area contributed by atoms with Gasteiger partial charge in [0.1, 0.15) is 0 Å². The molecule has 24 heavy (non-hydrogen) atoms. The van der Waals surface area contributed by atoms with E-state index >= 15 is 0 Å². The molecule has 0 aliphatic rings. The van der Waals surface area contributed by atoms with Gasteiger partial charge in [-0.2, -0.15) is 0 Å². The summed E-state index contributed by atoms with van der Waals surface area (Å²) < 4.78 is 28.0. The summed E-state index contributed by atoms with van der Waals surface area (Å²) in [6.45, 7) is 0.0621. The Labute approximate surface area is 139 Å². The molecule has 0 amide bonds. The van der Waals surface area contributed by atoms with E-state index in [-0.39, 0.29) is 6.54 Å². The van der Waals surface area contributed by atoms with E-state index in [1.165, 1.54) is 6.08 Å². The summed E-state index contributed by atoms with van der Waals surface area (Å²) in [5.41, 5.74) is 2.13. The maximum Gasteiger partial charge on any atom is 0.234 e. The van der Waals surface area contributed by atoms with E-state index in [1.807, 2.05) is 30.3 Å². The van der Waals surface area contributed by atoms with Gasteiger partial charge in [0, 0.05) is 17.8 Å². The fourth-order valence-corrected chi connectivity index (χ4v) is 2.74. The van der Waals surface area contributed by atoms with Crippen molar-refractivity contribution in [1.29, 1.82) is 0 Å². The smallest absolute Gasteiger partial charge is 0.234 e. The SMILES string of the molecule is O=S(=O)(/C=C/c1ccccc1)NCc1cn(-c2ccncc2)nn1. The van der Waals surface area contributed by atoms with E-state index in [1.54, 1.807) is 35.4 Å². The number of aromatic nitrogens is 4. The number of hydrogen-bond acceptors (Lipinski definition) is 5. The molecule has 1 aromatic carbocycles. The molecule has 122 valence electrons. The van der Waals surface area contributed by atoms with E-state index in [0.29, 0.717) is 5.69 Å². The van der Waals surface area contributed by atoms with Crippen LogP contribution in [0.3, 0.4) is 0 Å². The normalized spacial score (nSPS) is 11.8. The zero-order chi connectivity index (χ0) is 16.8. The van der Waals surface area contributed by atoms with Crippen molar-refractivity contribution in [1.82, 2.24) is 24.7 Å². The summed E-state index contributed by atoms with van der Waals surface area (Å²) in [4.78, 5) is 3.93. The molecule has 0 atom stereocenters. The Kier molecular flexibility index (Phi) is 4.78. The van der Waals surface area contributed by atoms with Crippen molar-refractivity contribution in [3.8, 4) is 5.69 Å². The van der Waals surface area contributed by atoms with Crippen molar-refractivity contribution in [2.45, 2.75) is 6.54 Å². The minimum Gasteiger partial charge on any atom is -0.265 e. The largest absolute Gasteiger partial charge is 0.265 e. The second-order valence-electron chi connectivity index (χ2n) is 4.94. The fraction of sp³-hybridized carbons (Fsp3) is 0.0625. The summed E-state index contributed by atoms with van der Waals surface area (Å²) in [6.07, 6.45) is 6.50. The molecule has 3 aromatic rings. The lowest BCUT2D eigenvalue weighted by molar-refractivity contribution is 0.590. The molecule has 7 nitrogen and oxygen atoms in total. The molecule has 0 aliphatic heterocycles. The lowest BCUT2D eigenvalue weighted by atomic mass is 10.2. The Morgan fingerprint density at radius 3 is 2.58 bits per heavy atom. The maximum absolute atomic E-state index is 12.0. The molecule has 0 unspecified atom stereocenters. The first kappa shape index (κ1) is 16.0. The quantitative estimate of drug-likeness (QED) is 0.738. The highest BCUT2D eigenvalue weighted by atomic mass is 32.2. The first-order chi connectivity index (χ1) is 11.6. The van der Waals surface area contributed by atoms with Crippen LogP contribution in [-0.2, 0) is 16.6 Å². The molecule has 0 saturated carbocycles. The van der Waals surface area contributed by atoms with Crippen LogP contribution in [0.15, 0.2) is 66.5 Å². The molecule has 1 N–H and O–H groups in total. The average molecular weight is 341 g/mol. The molecule has 0 radical (unpaired) electrons. The molecule has 0 spiro atoms. The Morgan fingerprint density at radius 2 is 1.83 bits per heavy atom. The topological polar surface area (TPSA) is 89.8 Å². The molecular formula is C16H15N5O2S. The number of sulfonamides is 1. The van der Waals surface area contributed by atoms with Crippen molar-refractivity contribution < 1.29 is 8.42 Å². The standard InChI is InChI=1S/C16H15N5O2S/c22-24(23,11-8-14-4-2-1-3-5-14)18-12-15-13-21(20-19-15)16-6-9-17-10-7-16/h1-11,13,18H,12H2/b11-8+. The molecule has 0 aliphatic carbocycles. The summed E-state index contributed by atoms with van der Waals surface area (Å²) in [6, 6.07) is 12.8. The molecule has 2 heterocycles. The van der Waals surface area contributed by atoms with E-state index in [0.717, 1.165) is 16.7 Å². The highest BCUT2D eigenvalue weighted by Crippen LogP contribution is 2.06. The van der Waals surface area contributed by atoms with Gasteiger partial charge in [0.15, 0.2) is 0 Å². The summed E-state index contributed by atoms with van der Waals surface area (Å²) in [7, 11) is -3.55. The zero-order valence-corrected chi connectivity index (χ0v) is 13.5. The Hall–Kier alpha value is -2.84. The zero-order valence-electron chi connectivity index (χ0n) is 12.6. The van der Waals surface area contributed by atoms with E-state index in [9.17, 15) is 8.42 Å². The third-order valence-corrected chi connectivity index (χ3v) is 4.20. The number of nitrogens with one attached hydrogen (secondary N) is 1. The summed E-state index contributed by atoms with van der Waals surface area (Å²) in [5, 5.41) is 9.06. The lowest BCUT2D eigenvalue weighted by Gasteiger charge is -2.00. The van der Waals surface area contributed by atoms with Gasteiger partial charge >= 0.3 is 0 Å². The van der Waals surface area contributed by atoms with Crippen LogP contribution < -0.4 is 4.72 Å². The second-order valence-corrected chi connectivity index (χ2v) is 6.59. The third kappa shape index (κ3) is 4.34. The lowest BCUT2D eigenvalue weighted by Crippen LogP contribution is -2.20. The highest BCUT2D eigenvalue weighted by Gasteiger charge is 2.08. The first-order valence-corrected chi connectivity index (χ1v) is 8.71. The first-order valence-electron chi connectivity index (χ1n) is 7.17. The van der Waals surface area contributed by atoms with Crippen molar-refractivity contribution in [3.63, 3.8) is 0 Å². The van der Waals surface area contributed by atoms with Gasteiger partial charge in [0.05, 0.1) is 24.1 Å². The van der Waals surface area contributed by atoms with Crippen LogP contribution in [0.4, 0.5) is 0 Å². The van der Waals surface area contributed by atoms with Gasteiger partial charge in [-0.15, -0.1) is 5.10 Å². The monoisotopic (exact) mass is 341 g/mol. The second kappa shape index (κ2) is 7.16. The average Bonchev–Trinajstić information content (AvgIpc) is 3.09. The predicted octanol–water partition coefficient (Wildman–Crippen LogP) is 1.75. The van der Waals surface area contributed by atoms with Crippen molar-refractivity contribution in [2.24, 2.45) is 0 Å². The van der Waals surface area contributed by atoms with Crippen LogP contribution in [0.5, 0.6) is 0 Å². The molecule has 0 saturated heterocycles. The number of benzene rings is 1. The molecule has 3 rings (SSSR count). The van der Waals surface area contributed by atoms with Crippen LogP contribution in [0.25, 0.3) is 11.8 Å². The van der Waals surface area contributed by atoms with Gasteiger partial charge in [-0.1, -0.05) is 35.5 Å². The van der Waals surface area contributed by atoms with Crippen LogP contribution in [-0.4, -0.2) is 28.4 Å².